The van der Waals surface area contributed by atoms with E-state index < -0.39 is 0 Å². The van der Waals surface area contributed by atoms with Crippen LogP contribution < -0.4 is 5.32 Å². The van der Waals surface area contributed by atoms with Crippen molar-refractivity contribution in [3.05, 3.63) is 33.8 Å². The van der Waals surface area contributed by atoms with Gasteiger partial charge in [0.25, 0.3) is 0 Å². The minimum atomic E-state index is -0.137. The predicted molar refractivity (Wildman–Crippen MR) is 90.7 cm³/mol. The van der Waals surface area contributed by atoms with Crippen molar-refractivity contribution >= 4 is 41.5 Å². The molecular weight excluding hydrogens is 331 g/mol. The third-order valence-corrected chi connectivity index (χ3v) is 4.60. The lowest BCUT2D eigenvalue weighted by Crippen LogP contribution is -2.38. The molecule has 1 N–H and O–H groups in total. The summed E-state index contributed by atoms with van der Waals surface area (Å²) >= 11 is 12.1. The van der Waals surface area contributed by atoms with Crippen molar-refractivity contribution in [2.75, 3.05) is 27.2 Å². The molecule has 1 fully saturated rings. The van der Waals surface area contributed by atoms with Crippen LogP contribution in [0.2, 0.25) is 10.0 Å². The molecule has 21 heavy (non-hydrogen) atoms. The number of rotatable bonds is 3. The van der Waals surface area contributed by atoms with E-state index in [0.717, 1.165) is 31.5 Å². The molecule has 0 aromatic heterocycles. The van der Waals surface area contributed by atoms with Crippen LogP contribution in [0.25, 0.3) is 0 Å². The summed E-state index contributed by atoms with van der Waals surface area (Å²) < 4.78 is 0. The molecule has 0 bridgehead atoms. The average molecular weight is 352 g/mol. The van der Waals surface area contributed by atoms with E-state index in [2.05, 4.69) is 5.32 Å². The summed E-state index contributed by atoms with van der Waals surface area (Å²) in [5.74, 6) is 0.348. The summed E-state index contributed by atoms with van der Waals surface area (Å²) in [4.78, 5) is 14.2. The van der Waals surface area contributed by atoms with Crippen molar-refractivity contribution in [2.45, 2.75) is 18.8 Å². The largest absolute Gasteiger partial charge is 0.348 e. The number of piperidine rings is 1. The Morgan fingerprint density at radius 3 is 2.38 bits per heavy atom. The molecule has 1 heterocycles. The van der Waals surface area contributed by atoms with Crippen molar-refractivity contribution in [3.63, 3.8) is 0 Å². The van der Waals surface area contributed by atoms with Crippen molar-refractivity contribution in [1.29, 1.82) is 0 Å². The second-order valence-corrected chi connectivity index (χ2v) is 6.29. The molecule has 0 radical (unpaired) electrons. The Morgan fingerprint density at radius 2 is 1.86 bits per heavy atom. The molecule has 1 aromatic rings. The van der Waals surface area contributed by atoms with E-state index in [4.69, 9.17) is 23.2 Å². The van der Waals surface area contributed by atoms with E-state index in [0.29, 0.717) is 16.0 Å². The first-order valence-corrected chi connectivity index (χ1v) is 7.63. The van der Waals surface area contributed by atoms with Gasteiger partial charge in [0, 0.05) is 14.1 Å². The second-order valence-electron chi connectivity index (χ2n) is 5.47. The SMILES string of the molecule is CN(C)C(=O)C(c1ccc(Cl)c(Cl)c1)C1CCNCC1.Cl. The van der Waals surface area contributed by atoms with Gasteiger partial charge < -0.3 is 10.2 Å². The maximum Gasteiger partial charge on any atom is 0.229 e. The Labute approximate surface area is 142 Å². The number of halogens is 3. The quantitative estimate of drug-likeness (QED) is 0.902. The van der Waals surface area contributed by atoms with E-state index >= 15 is 0 Å². The zero-order valence-electron chi connectivity index (χ0n) is 12.2. The van der Waals surface area contributed by atoms with Gasteiger partial charge >= 0.3 is 0 Å². The van der Waals surface area contributed by atoms with Gasteiger partial charge in [-0.1, -0.05) is 29.3 Å². The summed E-state index contributed by atoms with van der Waals surface area (Å²) in [7, 11) is 3.60. The molecule has 118 valence electrons. The van der Waals surface area contributed by atoms with Gasteiger partial charge in [0.1, 0.15) is 0 Å². The fourth-order valence-corrected chi connectivity index (χ4v) is 3.08. The topological polar surface area (TPSA) is 32.3 Å². The first-order valence-electron chi connectivity index (χ1n) is 6.87. The zero-order valence-corrected chi connectivity index (χ0v) is 14.6. The Balaban J connectivity index is 0.00000220. The van der Waals surface area contributed by atoms with E-state index in [1.807, 2.05) is 12.1 Å². The van der Waals surface area contributed by atoms with Crippen LogP contribution in [0.15, 0.2) is 18.2 Å². The summed E-state index contributed by atoms with van der Waals surface area (Å²) in [5, 5.41) is 4.37. The molecule has 6 heteroatoms. The van der Waals surface area contributed by atoms with Gasteiger partial charge in [-0.25, -0.2) is 0 Å². The number of nitrogens with one attached hydrogen (secondary N) is 1. The van der Waals surface area contributed by atoms with Gasteiger partial charge in [-0.3, -0.25) is 4.79 Å². The van der Waals surface area contributed by atoms with E-state index in [1.54, 1.807) is 25.1 Å². The number of carbonyl (C=O) groups excluding carboxylic acids is 1. The zero-order chi connectivity index (χ0) is 14.7. The Morgan fingerprint density at radius 1 is 1.24 bits per heavy atom. The summed E-state index contributed by atoms with van der Waals surface area (Å²) in [6, 6.07) is 5.52. The van der Waals surface area contributed by atoms with Gasteiger partial charge in [-0.15, -0.1) is 12.4 Å². The average Bonchev–Trinajstić information content (AvgIpc) is 2.44. The predicted octanol–water partition coefficient (Wildman–Crippen LogP) is 3.59. The van der Waals surface area contributed by atoms with Crippen LogP contribution in [0.5, 0.6) is 0 Å². The third kappa shape index (κ3) is 4.49. The maximum absolute atomic E-state index is 12.6. The Hall–Kier alpha value is -0.480. The highest BCUT2D eigenvalue weighted by atomic mass is 35.5. The number of hydrogen-bond acceptors (Lipinski definition) is 2. The highest BCUT2D eigenvalue weighted by molar-refractivity contribution is 6.42. The van der Waals surface area contributed by atoms with E-state index in [1.165, 1.54) is 0 Å². The van der Waals surface area contributed by atoms with Crippen molar-refractivity contribution < 1.29 is 4.79 Å². The number of carbonyl (C=O) groups is 1. The molecule has 1 amide bonds. The number of likely N-dealkylation sites (N-methyl/N-ethyl adjacent to an activating group) is 1. The molecule has 1 atom stereocenters. The standard InChI is InChI=1S/C15H20Cl2N2O.ClH/c1-19(2)15(20)14(10-5-7-18-8-6-10)11-3-4-12(16)13(17)9-11;/h3-4,9-10,14,18H,5-8H2,1-2H3;1H. The smallest absolute Gasteiger partial charge is 0.229 e. The summed E-state index contributed by atoms with van der Waals surface area (Å²) in [5.41, 5.74) is 0.963. The van der Waals surface area contributed by atoms with Crippen LogP contribution in [-0.2, 0) is 4.79 Å². The summed E-state index contributed by atoms with van der Waals surface area (Å²) in [6.07, 6.45) is 2.01. The number of hydrogen-bond donors (Lipinski definition) is 1. The van der Waals surface area contributed by atoms with E-state index in [9.17, 15) is 4.79 Å². The van der Waals surface area contributed by atoms with Gasteiger partial charge in [-0.05, 0) is 49.5 Å². The van der Waals surface area contributed by atoms with Crippen LogP contribution in [0.4, 0.5) is 0 Å². The molecular formula is C15H21Cl3N2O. The van der Waals surface area contributed by atoms with Crippen molar-refractivity contribution in [1.82, 2.24) is 10.2 Å². The summed E-state index contributed by atoms with van der Waals surface area (Å²) in [6.45, 7) is 1.92. The molecule has 1 aliphatic rings. The third-order valence-electron chi connectivity index (χ3n) is 3.86. The fraction of sp³-hybridized carbons (Fsp3) is 0.533. The minimum Gasteiger partial charge on any atom is -0.348 e. The molecule has 0 aliphatic carbocycles. The number of amides is 1. The van der Waals surface area contributed by atoms with Crippen LogP contribution in [0.1, 0.15) is 24.3 Å². The minimum absolute atomic E-state index is 0. The molecule has 1 aliphatic heterocycles. The molecule has 3 nitrogen and oxygen atoms in total. The van der Waals surface area contributed by atoms with Gasteiger partial charge in [-0.2, -0.15) is 0 Å². The maximum atomic E-state index is 12.6. The normalized spacial score (nSPS) is 17.0. The molecule has 1 unspecified atom stereocenters. The first kappa shape index (κ1) is 18.6. The number of nitrogens with zero attached hydrogens (tertiary/aromatic N) is 1. The van der Waals surface area contributed by atoms with Crippen molar-refractivity contribution in [3.8, 4) is 0 Å². The van der Waals surface area contributed by atoms with Gasteiger partial charge in [0.05, 0.1) is 16.0 Å². The second kappa shape index (κ2) is 8.23. The first-order chi connectivity index (χ1) is 9.50. The molecule has 1 aromatic carbocycles. The van der Waals surface area contributed by atoms with Crippen LogP contribution in [0.3, 0.4) is 0 Å². The van der Waals surface area contributed by atoms with Crippen LogP contribution >= 0.6 is 35.6 Å². The van der Waals surface area contributed by atoms with E-state index in [-0.39, 0.29) is 24.2 Å². The lowest BCUT2D eigenvalue weighted by atomic mass is 9.79. The van der Waals surface area contributed by atoms with Crippen LogP contribution in [0, 0.1) is 5.92 Å². The lowest BCUT2D eigenvalue weighted by Gasteiger charge is -2.32. The lowest BCUT2D eigenvalue weighted by molar-refractivity contribution is -0.131. The molecule has 0 spiro atoms. The van der Waals surface area contributed by atoms with Crippen molar-refractivity contribution in [2.24, 2.45) is 5.92 Å². The van der Waals surface area contributed by atoms with Gasteiger partial charge in [0.2, 0.25) is 5.91 Å². The van der Waals surface area contributed by atoms with Crippen LogP contribution in [-0.4, -0.2) is 38.0 Å². The molecule has 2 rings (SSSR count). The Kier molecular flexibility index (Phi) is 7.28. The molecule has 1 saturated heterocycles. The highest BCUT2D eigenvalue weighted by Crippen LogP contribution is 2.35. The van der Waals surface area contributed by atoms with Gasteiger partial charge in [0.15, 0.2) is 0 Å². The highest BCUT2D eigenvalue weighted by Gasteiger charge is 2.32. The number of benzene rings is 1. The Bertz CT molecular complexity index is 488. The fourth-order valence-electron chi connectivity index (χ4n) is 2.78. The monoisotopic (exact) mass is 350 g/mol. The molecule has 0 saturated carbocycles.